The minimum atomic E-state index is -3.52. The number of hydrogen-bond donors (Lipinski definition) is 3. The summed E-state index contributed by atoms with van der Waals surface area (Å²) in [5.41, 5.74) is 0. The summed E-state index contributed by atoms with van der Waals surface area (Å²) in [7, 11) is -3.52. The smallest absolute Gasteiger partial charge is 0.237 e. The molecule has 1 aromatic rings. The molecule has 8 heteroatoms. The summed E-state index contributed by atoms with van der Waals surface area (Å²) < 4.78 is 26.0. The van der Waals surface area contributed by atoms with E-state index >= 15 is 0 Å². The average Bonchev–Trinajstić information content (AvgIpc) is 2.77. The Hall–Kier alpha value is -1.57. The van der Waals surface area contributed by atoms with E-state index in [0.717, 1.165) is 12.8 Å². The number of H-pyrrole nitrogens is 1. The Morgan fingerprint density at radius 2 is 2.33 bits per heavy atom. The van der Waals surface area contributed by atoms with Gasteiger partial charge in [0.25, 0.3) is 0 Å². The van der Waals surface area contributed by atoms with Crippen LogP contribution in [-0.4, -0.2) is 36.6 Å². The SMILES string of the molecule is CCCC[C@@H](CS(=O)(=O)Nc1ncc[nH]1)NC=O. The second kappa shape index (κ2) is 7.00. The first kappa shape index (κ1) is 14.5. The van der Waals surface area contributed by atoms with Gasteiger partial charge in [0.05, 0.1) is 5.75 Å². The van der Waals surface area contributed by atoms with Crippen LogP contribution >= 0.6 is 0 Å². The van der Waals surface area contributed by atoms with Crippen LogP contribution < -0.4 is 10.0 Å². The zero-order valence-corrected chi connectivity index (χ0v) is 11.0. The van der Waals surface area contributed by atoms with Gasteiger partial charge in [-0.25, -0.2) is 13.4 Å². The van der Waals surface area contributed by atoms with Crippen molar-refractivity contribution in [2.45, 2.75) is 32.2 Å². The summed E-state index contributed by atoms with van der Waals surface area (Å²) in [6.45, 7) is 2.01. The standard InChI is InChI=1S/C10H18N4O3S/c1-2-3-4-9(13-8-15)7-18(16,17)14-10-11-5-6-12-10/h5-6,8-9H,2-4,7H2,1H3,(H,13,15)(H2,11,12,14)/t9-/m0/s1. The van der Waals surface area contributed by atoms with Crippen LogP contribution in [0.25, 0.3) is 0 Å². The number of amides is 1. The maximum Gasteiger partial charge on any atom is 0.237 e. The zero-order chi connectivity index (χ0) is 13.4. The molecular formula is C10H18N4O3S. The molecule has 0 unspecified atom stereocenters. The van der Waals surface area contributed by atoms with E-state index in [2.05, 4.69) is 20.0 Å². The number of anilines is 1. The molecule has 0 bridgehead atoms. The van der Waals surface area contributed by atoms with Crippen molar-refractivity contribution in [1.29, 1.82) is 0 Å². The van der Waals surface area contributed by atoms with Gasteiger partial charge < -0.3 is 10.3 Å². The van der Waals surface area contributed by atoms with E-state index < -0.39 is 10.0 Å². The summed E-state index contributed by atoms with van der Waals surface area (Å²) >= 11 is 0. The zero-order valence-electron chi connectivity index (χ0n) is 10.2. The van der Waals surface area contributed by atoms with E-state index in [1.54, 1.807) is 0 Å². The molecule has 1 amide bonds. The molecule has 3 N–H and O–H groups in total. The number of imidazole rings is 1. The third kappa shape index (κ3) is 5.17. The fraction of sp³-hybridized carbons (Fsp3) is 0.600. The normalized spacial score (nSPS) is 12.9. The predicted molar refractivity (Wildman–Crippen MR) is 68.5 cm³/mol. The molecule has 0 spiro atoms. The molecular weight excluding hydrogens is 256 g/mol. The molecule has 1 aromatic heterocycles. The molecule has 7 nitrogen and oxygen atoms in total. The Morgan fingerprint density at radius 3 is 2.89 bits per heavy atom. The second-order valence-electron chi connectivity index (χ2n) is 3.94. The number of carbonyl (C=O) groups is 1. The summed E-state index contributed by atoms with van der Waals surface area (Å²) in [6, 6.07) is -0.380. The van der Waals surface area contributed by atoms with E-state index in [0.29, 0.717) is 12.8 Å². The summed E-state index contributed by atoms with van der Waals surface area (Å²) in [5.74, 6) is 0.0160. The monoisotopic (exact) mass is 274 g/mol. The van der Waals surface area contributed by atoms with E-state index in [4.69, 9.17) is 0 Å². The quantitative estimate of drug-likeness (QED) is 0.569. The number of sulfonamides is 1. The average molecular weight is 274 g/mol. The highest BCUT2D eigenvalue weighted by Gasteiger charge is 2.19. The number of carbonyl (C=O) groups excluding carboxylic acids is 1. The van der Waals surface area contributed by atoms with E-state index in [1.165, 1.54) is 12.4 Å². The molecule has 1 rings (SSSR count). The van der Waals surface area contributed by atoms with Gasteiger partial charge in [0, 0.05) is 18.4 Å². The first-order chi connectivity index (χ1) is 8.57. The van der Waals surface area contributed by atoms with Crippen LogP contribution in [0.15, 0.2) is 12.4 Å². The van der Waals surface area contributed by atoms with Crippen molar-refractivity contribution in [3.8, 4) is 0 Å². The molecule has 0 saturated heterocycles. The molecule has 0 radical (unpaired) electrons. The third-order valence-corrected chi connectivity index (χ3v) is 3.73. The maximum atomic E-state index is 11.8. The van der Waals surface area contributed by atoms with Crippen molar-refractivity contribution >= 4 is 22.4 Å². The second-order valence-corrected chi connectivity index (χ2v) is 5.71. The molecule has 1 heterocycles. The molecule has 0 aromatic carbocycles. The van der Waals surface area contributed by atoms with Gasteiger partial charge in [-0.2, -0.15) is 0 Å². The first-order valence-electron chi connectivity index (χ1n) is 5.77. The minimum Gasteiger partial charge on any atom is -0.355 e. The number of rotatable bonds is 9. The van der Waals surface area contributed by atoms with Crippen molar-refractivity contribution in [2.75, 3.05) is 10.5 Å². The summed E-state index contributed by atoms with van der Waals surface area (Å²) in [5, 5.41) is 2.52. The Morgan fingerprint density at radius 1 is 1.56 bits per heavy atom. The third-order valence-electron chi connectivity index (χ3n) is 2.38. The lowest BCUT2D eigenvalue weighted by molar-refractivity contribution is -0.110. The van der Waals surface area contributed by atoms with E-state index in [-0.39, 0.29) is 17.7 Å². The Bertz CT molecular complexity index is 444. The van der Waals surface area contributed by atoms with Gasteiger partial charge in [-0.1, -0.05) is 19.8 Å². The van der Waals surface area contributed by atoms with Crippen LogP contribution in [0.5, 0.6) is 0 Å². The van der Waals surface area contributed by atoms with Crippen molar-refractivity contribution in [2.24, 2.45) is 0 Å². The van der Waals surface area contributed by atoms with Crippen LogP contribution in [0.1, 0.15) is 26.2 Å². The predicted octanol–water partition coefficient (Wildman–Crippen LogP) is 0.456. The molecule has 0 aliphatic heterocycles. The maximum absolute atomic E-state index is 11.8. The molecule has 0 saturated carbocycles. The van der Waals surface area contributed by atoms with Gasteiger partial charge in [0.2, 0.25) is 22.4 Å². The van der Waals surface area contributed by atoms with Crippen LogP contribution in [0.2, 0.25) is 0 Å². The van der Waals surface area contributed by atoms with E-state index in [9.17, 15) is 13.2 Å². The molecule has 18 heavy (non-hydrogen) atoms. The van der Waals surface area contributed by atoms with Gasteiger partial charge in [-0.05, 0) is 6.42 Å². The number of aromatic nitrogens is 2. The molecule has 0 fully saturated rings. The van der Waals surface area contributed by atoms with E-state index in [1.807, 2.05) is 6.92 Å². The van der Waals surface area contributed by atoms with Crippen molar-refractivity contribution in [1.82, 2.24) is 15.3 Å². The molecule has 0 aliphatic carbocycles. The van der Waals surface area contributed by atoms with Gasteiger partial charge in [0.1, 0.15) is 0 Å². The van der Waals surface area contributed by atoms with Gasteiger partial charge in [0.15, 0.2) is 0 Å². The molecule has 0 aliphatic rings. The highest BCUT2D eigenvalue weighted by Crippen LogP contribution is 2.06. The fourth-order valence-electron chi connectivity index (χ4n) is 1.54. The Labute approximate surface area is 106 Å². The minimum absolute atomic E-state index is 0.160. The Balaban J connectivity index is 2.57. The van der Waals surface area contributed by atoms with Gasteiger partial charge in [-0.3, -0.25) is 9.52 Å². The highest BCUT2D eigenvalue weighted by molar-refractivity contribution is 7.92. The fourth-order valence-corrected chi connectivity index (χ4v) is 2.82. The van der Waals surface area contributed by atoms with Gasteiger partial charge >= 0.3 is 0 Å². The van der Waals surface area contributed by atoms with Crippen LogP contribution in [0.3, 0.4) is 0 Å². The van der Waals surface area contributed by atoms with Crippen LogP contribution in [-0.2, 0) is 14.8 Å². The Kier molecular flexibility index (Phi) is 5.63. The lowest BCUT2D eigenvalue weighted by Crippen LogP contribution is -2.37. The number of aromatic amines is 1. The topological polar surface area (TPSA) is 104 Å². The van der Waals surface area contributed by atoms with Crippen molar-refractivity contribution < 1.29 is 13.2 Å². The number of nitrogens with zero attached hydrogens (tertiary/aromatic N) is 1. The largest absolute Gasteiger partial charge is 0.355 e. The summed E-state index contributed by atoms with van der Waals surface area (Å²) in [4.78, 5) is 16.9. The number of unbranched alkanes of at least 4 members (excludes halogenated alkanes) is 1. The number of nitrogens with one attached hydrogen (secondary N) is 3. The van der Waals surface area contributed by atoms with Crippen LogP contribution in [0.4, 0.5) is 5.95 Å². The number of hydrogen-bond acceptors (Lipinski definition) is 4. The highest BCUT2D eigenvalue weighted by atomic mass is 32.2. The molecule has 1 atom stereocenters. The van der Waals surface area contributed by atoms with Gasteiger partial charge in [-0.15, -0.1) is 0 Å². The van der Waals surface area contributed by atoms with Crippen LogP contribution in [0, 0.1) is 0 Å². The first-order valence-corrected chi connectivity index (χ1v) is 7.42. The summed E-state index contributed by atoms with van der Waals surface area (Å²) in [6.07, 6.45) is 5.95. The molecule has 102 valence electrons. The lowest BCUT2D eigenvalue weighted by atomic mass is 10.1. The van der Waals surface area contributed by atoms with Crippen molar-refractivity contribution in [3.05, 3.63) is 12.4 Å². The van der Waals surface area contributed by atoms with Crippen molar-refractivity contribution in [3.63, 3.8) is 0 Å². The lowest BCUT2D eigenvalue weighted by Gasteiger charge is -2.15.